The van der Waals surface area contributed by atoms with Gasteiger partial charge in [0.25, 0.3) is 5.91 Å². The molecule has 1 aliphatic heterocycles. The van der Waals surface area contributed by atoms with Gasteiger partial charge in [-0.15, -0.1) is 0 Å². The molecule has 9 heteroatoms. The molecule has 0 saturated carbocycles. The van der Waals surface area contributed by atoms with E-state index in [0.717, 1.165) is 18.1 Å². The van der Waals surface area contributed by atoms with E-state index >= 15 is 0 Å². The molecule has 0 unspecified atom stereocenters. The van der Waals surface area contributed by atoms with Gasteiger partial charge < -0.3 is 19.0 Å². The van der Waals surface area contributed by atoms with E-state index in [1.54, 1.807) is 17.9 Å². The Morgan fingerprint density at radius 3 is 2.49 bits per heavy atom. The van der Waals surface area contributed by atoms with Crippen molar-refractivity contribution in [3.8, 4) is 0 Å². The average molecular weight is 551 g/mol. The zero-order chi connectivity index (χ0) is 28.0. The molecule has 8 nitrogen and oxygen atoms in total. The maximum atomic E-state index is 13.0. The highest BCUT2D eigenvalue weighted by Crippen LogP contribution is 2.29. The fraction of sp³-hybridized carbons (Fsp3) is 0.467. The normalized spacial score (nSPS) is 14.3. The van der Waals surface area contributed by atoms with Gasteiger partial charge in [0.05, 0.1) is 24.0 Å². The van der Waals surface area contributed by atoms with Gasteiger partial charge in [0.1, 0.15) is 11.6 Å². The lowest BCUT2D eigenvalue weighted by Gasteiger charge is -2.30. The van der Waals surface area contributed by atoms with Crippen molar-refractivity contribution < 1.29 is 18.7 Å². The number of hydrogen-bond acceptors (Lipinski definition) is 8. The Bertz CT molecular complexity index is 1260. The van der Waals surface area contributed by atoms with Crippen molar-refractivity contribution in [3.05, 3.63) is 71.3 Å². The van der Waals surface area contributed by atoms with Crippen LogP contribution in [-0.2, 0) is 27.2 Å². The van der Waals surface area contributed by atoms with Crippen LogP contribution in [0.2, 0.25) is 0 Å². The summed E-state index contributed by atoms with van der Waals surface area (Å²) in [5, 5.41) is 0.669. The summed E-state index contributed by atoms with van der Waals surface area (Å²) in [5.41, 5.74) is 2.05. The van der Waals surface area contributed by atoms with Crippen molar-refractivity contribution in [1.82, 2.24) is 14.9 Å². The Hall–Kier alpha value is -3.33. The number of rotatable bonds is 9. The Morgan fingerprint density at radius 2 is 1.82 bits per heavy atom. The third-order valence-corrected chi connectivity index (χ3v) is 7.60. The third kappa shape index (κ3) is 7.62. The van der Waals surface area contributed by atoms with E-state index in [0.29, 0.717) is 55.0 Å². The van der Waals surface area contributed by atoms with Gasteiger partial charge in [-0.2, -0.15) is 0 Å². The van der Waals surface area contributed by atoms with Crippen molar-refractivity contribution in [1.29, 1.82) is 0 Å². The van der Waals surface area contributed by atoms with Crippen LogP contribution in [0.4, 0.5) is 5.82 Å². The monoisotopic (exact) mass is 550 g/mol. The molecule has 0 bridgehead atoms. The molecule has 3 aromatic rings. The summed E-state index contributed by atoms with van der Waals surface area (Å²) in [7, 11) is 2.04. The van der Waals surface area contributed by atoms with Crippen molar-refractivity contribution in [2.24, 2.45) is 5.92 Å². The van der Waals surface area contributed by atoms with Crippen LogP contribution in [-0.4, -0.2) is 53.5 Å². The number of anilines is 1. The van der Waals surface area contributed by atoms with Gasteiger partial charge >= 0.3 is 5.97 Å². The number of hydrogen-bond donors (Lipinski definition) is 0. The average Bonchev–Trinajstić information content (AvgIpc) is 3.41. The highest BCUT2D eigenvalue weighted by Gasteiger charge is 2.30. The lowest BCUT2D eigenvalue weighted by atomic mass is 9.92. The van der Waals surface area contributed by atoms with Crippen LogP contribution in [0.5, 0.6) is 0 Å². The first-order valence-corrected chi connectivity index (χ1v) is 14.4. The molecule has 0 spiro atoms. The van der Waals surface area contributed by atoms with Crippen molar-refractivity contribution in [2.45, 2.75) is 63.4 Å². The van der Waals surface area contributed by atoms with Crippen LogP contribution < -0.4 is 4.90 Å². The summed E-state index contributed by atoms with van der Waals surface area (Å²) in [6.45, 7) is 10.4. The van der Waals surface area contributed by atoms with E-state index in [9.17, 15) is 9.59 Å². The molecule has 1 aromatic carbocycles. The number of likely N-dealkylation sites (tertiary alicyclic amines) is 1. The number of amides is 1. The lowest BCUT2D eigenvalue weighted by Crippen LogP contribution is -2.40. The molecule has 208 valence electrons. The minimum absolute atomic E-state index is 0.133. The summed E-state index contributed by atoms with van der Waals surface area (Å²) in [6, 6.07) is 15.9. The van der Waals surface area contributed by atoms with E-state index in [-0.39, 0.29) is 23.2 Å². The number of piperidine rings is 1. The summed E-state index contributed by atoms with van der Waals surface area (Å²) in [4.78, 5) is 38.5. The van der Waals surface area contributed by atoms with Crippen LogP contribution in [0, 0.1) is 5.92 Å². The first-order valence-electron chi connectivity index (χ1n) is 13.5. The summed E-state index contributed by atoms with van der Waals surface area (Å²) < 4.78 is 11.0. The fourth-order valence-electron chi connectivity index (χ4n) is 4.44. The zero-order valence-electron chi connectivity index (χ0n) is 23.5. The molecule has 0 N–H and O–H groups in total. The van der Waals surface area contributed by atoms with Crippen LogP contribution >= 0.6 is 11.8 Å². The molecule has 1 fully saturated rings. The SMILES string of the molecule is CCOC(=O)C1CCN(C(=O)c2ccc(CSc3nc(N(C)Cc4ccccc4)cc(C(C)(C)C)n3)o2)CC1. The van der Waals surface area contributed by atoms with Crippen LogP contribution in [0.25, 0.3) is 0 Å². The van der Waals surface area contributed by atoms with Gasteiger partial charge in [0.15, 0.2) is 10.9 Å². The first-order chi connectivity index (χ1) is 18.6. The Morgan fingerprint density at radius 1 is 1.10 bits per heavy atom. The lowest BCUT2D eigenvalue weighted by molar-refractivity contribution is -0.149. The Kier molecular flexibility index (Phi) is 9.32. The molecule has 39 heavy (non-hydrogen) atoms. The molecular formula is C30H38N4O4S. The summed E-state index contributed by atoms with van der Waals surface area (Å²) >= 11 is 1.49. The third-order valence-electron chi connectivity index (χ3n) is 6.73. The highest BCUT2D eigenvalue weighted by molar-refractivity contribution is 7.98. The number of carbonyl (C=O) groups is 2. The van der Waals surface area contributed by atoms with Gasteiger partial charge in [-0.25, -0.2) is 9.97 Å². The minimum atomic E-state index is -0.172. The number of furan rings is 1. The quantitative estimate of drug-likeness (QED) is 0.190. The van der Waals surface area contributed by atoms with E-state index in [1.165, 1.54) is 17.3 Å². The molecule has 2 aromatic heterocycles. The molecule has 3 heterocycles. The first kappa shape index (κ1) is 28.7. The molecular weight excluding hydrogens is 512 g/mol. The number of carbonyl (C=O) groups excluding carboxylic acids is 2. The predicted octanol–water partition coefficient (Wildman–Crippen LogP) is 5.71. The summed E-state index contributed by atoms with van der Waals surface area (Å²) in [5.74, 6) is 1.91. The second kappa shape index (κ2) is 12.7. The van der Waals surface area contributed by atoms with Gasteiger partial charge in [-0.1, -0.05) is 62.9 Å². The minimum Gasteiger partial charge on any atom is -0.466 e. The molecule has 0 radical (unpaired) electrons. The molecule has 1 aliphatic rings. The number of benzene rings is 1. The van der Waals surface area contributed by atoms with E-state index in [2.05, 4.69) is 43.9 Å². The Balaban J connectivity index is 1.40. The van der Waals surface area contributed by atoms with Gasteiger partial charge in [0.2, 0.25) is 0 Å². The topological polar surface area (TPSA) is 88.8 Å². The van der Waals surface area contributed by atoms with Gasteiger partial charge in [-0.05, 0) is 37.5 Å². The van der Waals surface area contributed by atoms with E-state index in [4.69, 9.17) is 19.1 Å². The molecule has 4 rings (SSSR count). The Labute approximate surface area is 235 Å². The smallest absolute Gasteiger partial charge is 0.309 e. The van der Waals surface area contributed by atoms with Crippen LogP contribution in [0.15, 0.2) is 58.1 Å². The highest BCUT2D eigenvalue weighted by atomic mass is 32.2. The number of esters is 1. The predicted molar refractivity (Wildman–Crippen MR) is 153 cm³/mol. The number of aromatic nitrogens is 2. The van der Waals surface area contributed by atoms with E-state index in [1.807, 2.05) is 31.3 Å². The largest absolute Gasteiger partial charge is 0.466 e. The fourth-order valence-corrected chi connectivity index (χ4v) is 5.18. The van der Waals surface area contributed by atoms with Crippen molar-refractivity contribution in [3.63, 3.8) is 0 Å². The molecule has 0 aliphatic carbocycles. The second-order valence-corrected chi connectivity index (χ2v) is 11.8. The van der Waals surface area contributed by atoms with Crippen molar-refractivity contribution in [2.75, 3.05) is 31.6 Å². The maximum absolute atomic E-state index is 13.0. The van der Waals surface area contributed by atoms with E-state index < -0.39 is 0 Å². The van der Waals surface area contributed by atoms with Gasteiger partial charge in [0, 0.05) is 38.2 Å². The number of ether oxygens (including phenoxy) is 1. The van der Waals surface area contributed by atoms with Gasteiger partial charge in [-0.3, -0.25) is 9.59 Å². The summed E-state index contributed by atoms with van der Waals surface area (Å²) in [6.07, 6.45) is 1.22. The second-order valence-electron chi connectivity index (χ2n) is 10.9. The molecule has 1 saturated heterocycles. The number of thioether (sulfide) groups is 1. The zero-order valence-corrected chi connectivity index (χ0v) is 24.3. The maximum Gasteiger partial charge on any atom is 0.309 e. The molecule has 0 atom stereocenters. The number of nitrogens with zero attached hydrogens (tertiary/aromatic N) is 4. The van der Waals surface area contributed by atoms with Crippen LogP contribution in [0.3, 0.4) is 0 Å². The van der Waals surface area contributed by atoms with Crippen molar-refractivity contribution >= 4 is 29.5 Å². The standard InChI is InChI=1S/C30H38N4O4S/c1-6-37-28(36)22-14-16-34(17-15-22)27(35)24-13-12-23(38-24)20-39-29-31-25(30(2,3)4)18-26(32-29)33(5)19-21-10-8-7-9-11-21/h7-13,18,22H,6,14-17,19-20H2,1-5H3. The molecule has 1 amide bonds. The van der Waals surface area contributed by atoms with Crippen LogP contribution in [0.1, 0.15) is 68.1 Å².